The SMILES string of the molecule is Cc1cc(C)n(C)c(=O)c1C(=O)N1C[C@@H](c2ccccc2)C(C)(C)C1. The monoisotopic (exact) mass is 338 g/mol. The molecule has 0 N–H and O–H groups in total. The van der Waals surface area contributed by atoms with Gasteiger partial charge in [-0.2, -0.15) is 0 Å². The maximum atomic E-state index is 13.1. The maximum Gasteiger partial charge on any atom is 0.263 e. The highest BCUT2D eigenvalue weighted by Gasteiger charge is 2.42. The highest BCUT2D eigenvalue weighted by Crippen LogP contribution is 2.42. The molecule has 0 aliphatic carbocycles. The summed E-state index contributed by atoms with van der Waals surface area (Å²) in [7, 11) is 1.72. The second-order valence-corrected chi connectivity index (χ2v) is 7.85. The zero-order valence-electron chi connectivity index (χ0n) is 15.7. The van der Waals surface area contributed by atoms with Crippen LogP contribution in [0, 0.1) is 19.3 Å². The molecule has 2 aromatic rings. The lowest BCUT2D eigenvalue weighted by Gasteiger charge is -2.25. The molecular formula is C21H26N2O2. The molecule has 3 rings (SSSR count). The van der Waals surface area contributed by atoms with Gasteiger partial charge in [-0.3, -0.25) is 9.59 Å². The highest BCUT2D eigenvalue weighted by molar-refractivity contribution is 5.95. The first-order valence-corrected chi connectivity index (χ1v) is 8.74. The zero-order valence-corrected chi connectivity index (χ0v) is 15.7. The van der Waals surface area contributed by atoms with Crippen LogP contribution in [0.3, 0.4) is 0 Å². The summed E-state index contributed by atoms with van der Waals surface area (Å²) in [5.74, 6) is 0.122. The molecule has 4 nitrogen and oxygen atoms in total. The van der Waals surface area contributed by atoms with E-state index in [1.165, 1.54) is 5.56 Å². The lowest BCUT2D eigenvalue weighted by molar-refractivity contribution is 0.0775. The van der Waals surface area contributed by atoms with Crippen LogP contribution in [0.1, 0.15) is 46.9 Å². The Hall–Kier alpha value is -2.36. The number of carbonyl (C=O) groups is 1. The molecule has 0 spiro atoms. The van der Waals surface area contributed by atoms with Gasteiger partial charge >= 0.3 is 0 Å². The number of nitrogens with zero attached hydrogens (tertiary/aromatic N) is 2. The van der Waals surface area contributed by atoms with Gasteiger partial charge < -0.3 is 9.47 Å². The van der Waals surface area contributed by atoms with Gasteiger partial charge in [0.1, 0.15) is 5.56 Å². The first-order chi connectivity index (χ1) is 11.7. The molecule has 25 heavy (non-hydrogen) atoms. The largest absolute Gasteiger partial charge is 0.337 e. The molecular weight excluding hydrogens is 312 g/mol. The molecule has 0 unspecified atom stereocenters. The van der Waals surface area contributed by atoms with E-state index >= 15 is 0 Å². The Morgan fingerprint density at radius 3 is 2.44 bits per heavy atom. The number of rotatable bonds is 2. The zero-order chi connectivity index (χ0) is 18.4. The Balaban J connectivity index is 1.96. The second-order valence-electron chi connectivity index (χ2n) is 7.85. The van der Waals surface area contributed by atoms with E-state index in [4.69, 9.17) is 0 Å². The average molecular weight is 338 g/mol. The number of likely N-dealkylation sites (tertiary alicyclic amines) is 1. The smallest absolute Gasteiger partial charge is 0.263 e. The highest BCUT2D eigenvalue weighted by atomic mass is 16.2. The molecule has 1 saturated heterocycles. The van der Waals surface area contributed by atoms with Gasteiger partial charge in [-0.25, -0.2) is 0 Å². The van der Waals surface area contributed by atoms with E-state index in [2.05, 4.69) is 26.0 Å². The molecule has 4 heteroatoms. The lowest BCUT2D eigenvalue weighted by atomic mass is 9.78. The van der Waals surface area contributed by atoms with Gasteiger partial charge in [0.2, 0.25) is 0 Å². The number of benzene rings is 1. The van der Waals surface area contributed by atoms with Crippen LogP contribution in [0.25, 0.3) is 0 Å². The van der Waals surface area contributed by atoms with E-state index in [9.17, 15) is 9.59 Å². The first kappa shape index (κ1) is 17.5. The van der Waals surface area contributed by atoms with E-state index in [1.54, 1.807) is 11.6 Å². The number of hydrogen-bond donors (Lipinski definition) is 0. The molecule has 132 valence electrons. The van der Waals surface area contributed by atoms with E-state index in [0.29, 0.717) is 18.7 Å². The fourth-order valence-electron chi connectivity index (χ4n) is 3.93. The van der Waals surface area contributed by atoms with Gasteiger partial charge in [-0.15, -0.1) is 0 Å². The summed E-state index contributed by atoms with van der Waals surface area (Å²) in [6, 6.07) is 12.2. The number of pyridine rings is 1. The summed E-state index contributed by atoms with van der Waals surface area (Å²) in [6.45, 7) is 9.41. The van der Waals surface area contributed by atoms with Crippen molar-refractivity contribution in [3.8, 4) is 0 Å². The summed E-state index contributed by atoms with van der Waals surface area (Å²) in [5.41, 5.74) is 2.94. The average Bonchev–Trinajstić information content (AvgIpc) is 2.89. The van der Waals surface area contributed by atoms with E-state index in [0.717, 1.165) is 11.3 Å². The molecule has 0 bridgehead atoms. The van der Waals surface area contributed by atoms with Crippen LogP contribution in [0.4, 0.5) is 0 Å². The Labute approximate surface area is 149 Å². The van der Waals surface area contributed by atoms with Gasteiger partial charge in [0.05, 0.1) is 0 Å². The topological polar surface area (TPSA) is 42.3 Å². The third kappa shape index (κ3) is 3.01. The fourth-order valence-corrected chi connectivity index (χ4v) is 3.93. The van der Waals surface area contributed by atoms with Crippen molar-refractivity contribution >= 4 is 5.91 Å². The normalized spacial score (nSPS) is 19.2. The standard InChI is InChI=1S/C21H26N2O2/c1-14-11-15(2)22(5)19(24)18(14)20(25)23-12-17(21(3,4)13-23)16-9-7-6-8-10-16/h6-11,17H,12-13H2,1-5H3/t17-/m0/s1. The quantitative estimate of drug-likeness (QED) is 0.843. The van der Waals surface area contributed by atoms with Crippen LogP contribution in [0.15, 0.2) is 41.2 Å². The molecule has 1 fully saturated rings. The summed E-state index contributed by atoms with van der Waals surface area (Å²) in [6.07, 6.45) is 0. The lowest BCUT2D eigenvalue weighted by Crippen LogP contribution is -2.37. The van der Waals surface area contributed by atoms with Crippen molar-refractivity contribution < 1.29 is 4.79 Å². The van der Waals surface area contributed by atoms with Gasteiger partial charge in [-0.05, 0) is 36.5 Å². The molecule has 1 aromatic carbocycles. The number of hydrogen-bond acceptors (Lipinski definition) is 2. The van der Waals surface area contributed by atoms with Crippen LogP contribution in [0.2, 0.25) is 0 Å². The number of carbonyl (C=O) groups excluding carboxylic acids is 1. The third-order valence-electron chi connectivity index (χ3n) is 5.51. The number of aromatic nitrogens is 1. The molecule has 2 heterocycles. The van der Waals surface area contributed by atoms with Crippen LogP contribution in [-0.2, 0) is 7.05 Å². The van der Waals surface area contributed by atoms with E-state index < -0.39 is 0 Å². The summed E-state index contributed by atoms with van der Waals surface area (Å²) >= 11 is 0. The number of aryl methyl sites for hydroxylation is 2. The first-order valence-electron chi connectivity index (χ1n) is 8.74. The van der Waals surface area contributed by atoms with Gasteiger partial charge in [0.25, 0.3) is 11.5 Å². The van der Waals surface area contributed by atoms with Gasteiger partial charge in [-0.1, -0.05) is 44.2 Å². The Bertz CT molecular complexity index is 865. The molecule has 1 amide bonds. The van der Waals surface area contributed by atoms with Crippen molar-refractivity contribution in [3.63, 3.8) is 0 Å². The van der Waals surface area contributed by atoms with E-state index in [1.807, 2.05) is 43.0 Å². The molecule has 1 atom stereocenters. The van der Waals surface area contributed by atoms with Crippen LogP contribution >= 0.6 is 0 Å². The van der Waals surface area contributed by atoms with Crippen molar-refractivity contribution in [1.82, 2.24) is 9.47 Å². The van der Waals surface area contributed by atoms with Gasteiger partial charge in [0.15, 0.2) is 0 Å². The molecule has 0 radical (unpaired) electrons. The molecule has 0 saturated carbocycles. The van der Waals surface area contributed by atoms with Crippen molar-refractivity contribution in [2.45, 2.75) is 33.6 Å². The van der Waals surface area contributed by atoms with Gasteiger partial charge in [0, 0.05) is 31.7 Å². The van der Waals surface area contributed by atoms with E-state index in [-0.39, 0.29) is 22.8 Å². The maximum absolute atomic E-state index is 13.1. The Morgan fingerprint density at radius 2 is 1.80 bits per heavy atom. The molecule has 1 aromatic heterocycles. The predicted molar refractivity (Wildman–Crippen MR) is 100 cm³/mol. The van der Waals surface area contributed by atoms with Crippen molar-refractivity contribution in [2.75, 3.05) is 13.1 Å². The molecule has 1 aliphatic heterocycles. The predicted octanol–water partition coefficient (Wildman–Crippen LogP) is 3.27. The summed E-state index contributed by atoms with van der Waals surface area (Å²) < 4.78 is 1.55. The minimum atomic E-state index is -0.205. The summed E-state index contributed by atoms with van der Waals surface area (Å²) in [4.78, 5) is 27.6. The third-order valence-corrected chi connectivity index (χ3v) is 5.51. The van der Waals surface area contributed by atoms with Crippen LogP contribution in [-0.4, -0.2) is 28.5 Å². The Kier molecular flexibility index (Phi) is 4.31. The molecule has 1 aliphatic rings. The fraction of sp³-hybridized carbons (Fsp3) is 0.429. The summed E-state index contributed by atoms with van der Waals surface area (Å²) in [5, 5.41) is 0. The Morgan fingerprint density at radius 1 is 1.16 bits per heavy atom. The van der Waals surface area contributed by atoms with Crippen molar-refractivity contribution in [2.24, 2.45) is 12.5 Å². The van der Waals surface area contributed by atoms with Crippen LogP contribution in [0.5, 0.6) is 0 Å². The van der Waals surface area contributed by atoms with Crippen molar-refractivity contribution in [1.29, 1.82) is 0 Å². The number of amides is 1. The second kappa shape index (κ2) is 6.17. The minimum Gasteiger partial charge on any atom is -0.337 e. The minimum absolute atomic E-state index is 0.0269. The van der Waals surface area contributed by atoms with Crippen molar-refractivity contribution in [3.05, 3.63) is 69.1 Å². The van der Waals surface area contributed by atoms with Crippen LogP contribution < -0.4 is 5.56 Å².